The molecule has 0 radical (unpaired) electrons. The second-order valence-corrected chi connectivity index (χ2v) is 23.5. The fraction of sp³-hybridized carbons (Fsp3) is 0.324. The van der Waals surface area contributed by atoms with E-state index in [9.17, 15) is 0 Å². The molecule has 74 heavy (non-hydrogen) atoms. The molecule has 6 nitrogen and oxygen atoms in total. The van der Waals surface area contributed by atoms with Gasteiger partial charge in [0.25, 0.3) is 0 Å². The lowest BCUT2D eigenvalue weighted by molar-refractivity contribution is 0.278. The van der Waals surface area contributed by atoms with Crippen molar-refractivity contribution >= 4 is 12.2 Å². The summed E-state index contributed by atoms with van der Waals surface area (Å²) < 4.78 is 38.9. The fourth-order valence-electron chi connectivity index (χ4n) is 8.31. The fourth-order valence-corrected chi connectivity index (χ4v) is 8.31. The van der Waals surface area contributed by atoms with Gasteiger partial charge in [0, 0.05) is 23.3 Å². The van der Waals surface area contributed by atoms with E-state index in [0.717, 1.165) is 44.5 Å². The van der Waals surface area contributed by atoms with Crippen molar-refractivity contribution in [3.63, 3.8) is 0 Å². The van der Waals surface area contributed by atoms with Crippen LogP contribution in [-0.4, -0.2) is 0 Å². The van der Waals surface area contributed by atoms with Crippen LogP contribution in [0.1, 0.15) is 150 Å². The van der Waals surface area contributed by atoms with E-state index in [1.54, 1.807) is 12.2 Å². The molecule has 0 N–H and O–H groups in total. The molecular weight excluding hydrogens is 913 g/mol. The minimum atomic E-state index is 0.0717. The number of hydrogen-bond donors (Lipinski definition) is 0. The standard InChI is InChI=1S/C68H78O6/c1-15-53-37-64(74-46-52-35-61(71-43-49-21-29-57(30-22-49)67(9,10)11)40-62(36-52)72-44-50-23-31-58(32-24-50)68(12,13)14)54(16-2)38-63(53)73-45-51-33-59(69-41-47-17-25-55(26-18-47)65(3,4)5)39-60(34-51)70-42-48-19-27-56(28-20-48)66(6,7)8/h15-40H,1-2,41-46H2,3-14H3. The van der Waals surface area contributed by atoms with Crippen LogP contribution in [0.25, 0.3) is 12.2 Å². The van der Waals surface area contributed by atoms with Gasteiger partial charge in [-0.05, 0) is 114 Å². The van der Waals surface area contributed by atoms with Crippen LogP contribution in [0.5, 0.6) is 34.5 Å². The Labute approximate surface area is 443 Å². The third kappa shape index (κ3) is 15.4. The van der Waals surface area contributed by atoms with Crippen molar-refractivity contribution in [2.24, 2.45) is 0 Å². The number of hydrogen-bond acceptors (Lipinski definition) is 6. The van der Waals surface area contributed by atoms with Gasteiger partial charge in [0.1, 0.15) is 74.1 Å². The van der Waals surface area contributed by atoms with Crippen LogP contribution in [0, 0.1) is 0 Å². The summed E-state index contributed by atoms with van der Waals surface area (Å²) in [6.45, 7) is 37.1. The minimum absolute atomic E-state index is 0.0717. The molecule has 0 spiro atoms. The molecule has 7 aromatic carbocycles. The third-order valence-corrected chi connectivity index (χ3v) is 13.2. The largest absolute Gasteiger partial charge is 0.489 e. The minimum Gasteiger partial charge on any atom is -0.489 e. The lowest BCUT2D eigenvalue weighted by atomic mass is 9.87. The van der Waals surface area contributed by atoms with Gasteiger partial charge < -0.3 is 28.4 Å². The molecule has 0 aliphatic heterocycles. The van der Waals surface area contributed by atoms with E-state index in [-0.39, 0.29) is 34.9 Å². The van der Waals surface area contributed by atoms with Crippen molar-refractivity contribution < 1.29 is 28.4 Å². The van der Waals surface area contributed by atoms with E-state index in [1.807, 2.05) is 48.5 Å². The molecule has 0 fully saturated rings. The Morgan fingerprint density at radius 1 is 0.284 bits per heavy atom. The van der Waals surface area contributed by atoms with E-state index in [4.69, 9.17) is 28.4 Å². The molecule has 0 aliphatic rings. The molecule has 0 saturated carbocycles. The Bertz CT molecular complexity index is 2600. The van der Waals surface area contributed by atoms with Gasteiger partial charge in [-0.2, -0.15) is 0 Å². The quantitative estimate of drug-likeness (QED) is 0.0758. The first-order chi connectivity index (χ1) is 35.0. The van der Waals surface area contributed by atoms with Crippen LogP contribution in [0.2, 0.25) is 0 Å². The predicted molar refractivity (Wildman–Crippen MR) is 306 cm³/mol. The summed E-state index contributed by atoms with van der Waals surface area (Å²) in [6.07, 6.45) is 3.56. The van der Waals surface area contributed by atoms with Crippen molar-refractivity contribution in [3.8, 4) is 34.5 Å². The summed E-state index contributed by atoms with van der Waals surface area (Å²) in [6, 6.07) is 50.3. The third-order valence-electron chi connectivity index (χ3n) is 13.2. The summed E-state index contributed by atoms with van der Waals surface area (Å²) in [4.78, 5) is 0. The number of benzene rings is 7. The van der Waals surface area contributed by atoms with E-state index < -0.39 is 0 Å². The van der Waals surface area contributed by atoms with E-state index in [2.05, 4.69) is 193 Å². The van der Waals surface area contributed by atoms with Gasteiger partial charge in [-0.3, -0.25) is 0 Å². The SMILES string of the molecule is C=Cc1cc(OCc2cc(OCc3ccc(C(C)(C)C)cc3)cc(OCc3ccc(C(C)(C)C)cc3)c2)c(C=C)cc1OCc1cc(OCc2ccc(C(C)(C)C)cc2)cc(OCc2ccc(C(C)(C)C)cc2)c1. The normalized spacial score (nSPS) is 11.9. The highest BCUT2D eigenvalue weighted by Crippen LogP contribution is 2.35. The van der Waals surface area contributed by atoms with Gasteiger partial charge in [-0.25, -0.2) is 0 Å². The highest BCUT2D eigenvalue weighted by atomic mass is 16.5. The van der Waals surface area contributed by atoms with Crippen LogP contribution in [0.3, 0.4) is 0 Å². The molecule has 7 aromatic rings. The summed E-state index contributed by atoms with van der Waals surface area (Å²) in [5, 5.41) is 0. The first-order valence-corrected chi connectivity index (χ1v) is 25.9. The number of rotatable bonds is 20. The molecule has 0 amide bonds. The van der Waals surface area contributed by atoms with E-state index in [1.165, 1.54) is 22.3 Å². The van der Waals surface area contributed by atoms with Crippen molar-refractivity contribution in [3.05, 3.63) is 226 Å². The molecule has 0 aliphatic carbocycles. The van der Waals surface area contributed by atoms with Gasteiger partial charge in [-0.1, -0.05) is 205 Å². The Hall–Kier alpha value is -7.18. The zero-order valence-corrected chi connectivity index (χ0v) is 46.1. The molecule has 0 unspecified atom stereocenters. The van der Waals surface area contributed by atoms with Crippen LogP contribution in [0.4, 0.5) is 0 Å². The molecule has 0 bridgehead atoms. The Morgan fingerprint density at radius 2 is 0.500 bits per heavy atom. The van der Waals surface area contributed by atoms with E-state index in [0.29, 0.717) is 60.9 Å². The van der Waals surface area contributed by atoms with Crippen LogP contribution in [0.15, 0.2) is 159 Å². The van der Waals surface area contributed by atoms with Crippen LogP contribution in [-0.2, 0) is 61.3 Å². The maximum atomic E-state index is 6.59. The molecule has 0 saturated heterocycles. The van der Waals surface area contributed by atoms with Crippen LogP contribution < -0.4 is 28.4 Å². The average molecular weight is 991 g/mol. The second kappa shape index (κ2) is 23.4. The highest BCUT2D eigenvalue weighted by Gasteiger charge is 2.18. The summed E-state index contributed by atoms with van der Waals surface area (Å²) in [5.74, 6) is 4.05. The zero-order chi connectivity index (χ0) is 53.3. The smallest absolute Gasteiger partial charge is 0.127 e. The first-order valence-electron chi connectivity index (χ1n) is 25.9. The lowest BCUT2D eigenvalue weighted by Crippen LogP contribution is -2.11. The van der Waals surface area contributed by atoms with Crippen molar-refractivity contribution in [1.29, 1.82) is 0 Å². The van der Waals surface area contributed by atoms with Crippen molar-refractivity contribution in [2.75, 3.05) is 0 Å². The topological polar surface area (TPSA) is 55.4 Å². The lowest BCUT2D eigenvalue weighted by Gasteiger charge is -2.19. The monoisotopic (exact) mass is 991 g/mol. The zero-order valence-electron chi connectivity index (χ0n) is 46.1. The Kier molecular flexibility index (Phi) is 17.2. The van der Waals surface area contributed by atoms with Crippen molar-refractivity contribution in [1.82, 2.24) is 0 Å². The molecule has 7 rings (SSSR count). The van der Waals surface area contributed by atoms with Gasteiger partial charge in [-0.15, -0.1) is 0 Å². The second-order valence-electron chi connectivity index (χ2n) is 23.5. The molecule has 0 atom stereocenters. The number of ether oxygens (including phenoxy) is 6. The highest BCUT2D eigenvalue weighted by molar-refractivity contribution is 5.67. The molecule has 0 heterocycles. The molecule has 386 valence electrons. The van der Waals surface area contributed by atoms with Gasteiger partial charge in [0.2, 0.25) is 0 Å². The van der Waals surface area contributed by atoms with E-state index >= 15 is 0 Å². The molecule has 0 aromatic heterocycles. The first kappa shape index (κ1) is 54.6. The maximum absolute atomic E-state index is 6.59. The summed E-state index contributed by atoms with van der Waals surface area (Å²) in [5.41, 5.74) is 13.1. The van der Waals surface area contributed by atoms with Crippen LogP contribution >= 0.6 is 0 Å². The Morgan fingerprint density at radius 3 is 0.703 bits per heavy atom. The molecular formula is C68H78O6. The summed E-state index contributed by atoms with van der Waals surface area (Å²) >= 11 is 0. The van der Waals surface area contributed by atoms with Gasteiger partial charge in [0.05, 0.1) is 0 Å². The Balaban J connectivity index is 1.08. The maximum Gasteiger partial charge on any atom is 0.127 e. The molecule has 6 heteroatoms. The summed E-state index contributed by atoms with van der Waals surface area (Å²) in [7, 11) is 0. The predicted octanol–water partition coefficient (Wildman–Crippen LogP) is 17.6. The van der Waals surface area contributed by atoms with Gasteiger partial charge >= 0.3 is 0 Å². The average Bonchev–Trinajstić information content (AvgIpc) is 3.36. The van der Waals surface area contributed by atoms with Gasteiger partial charge in [0.15, 0.2) is 0 Å². The van der Waals surface area contributed by atoms with Crippen molar-refractivity contribution in [2.45, 2.75) is 144 Å².